The molecule has 1 fully saturated rings. The number of H-pyrrole nitrogens is 1. The fourth-order valence-electron chi connectivity index (χ4n) is 2.16. The van der Waals surface area contributed by atoms with Crippen molar-refractivity contribution < 1.29 is 24.4 Å². The van der Waals surface area contributed by atoms with Crippen LogP contribution in [0, 0.1) is 17.7 Å². The number of ether oxygens (including phenoxy) is 1. The molecule has 0 aromatic carbocycles. The predicted molar refractivity (Wildman–Crippen MR) is 66.7 cm³/mol. The Morgan fingerprint density at radius 1 is 1.57 bits per heavy atom. The fourth-order valence-corrected chi connectivity index (χ4v) is 2.16. The van der Waals surface area contributed by atoms with Gasteiger partial charge in [0.15, 0.2) is 11.8 Å². The molecule has 1 aliphatic rings. The monoisotopic (exact) mass is 300 g/mol. The van der Waals surface area contributed by atoms with E-state index in [4.69, 9.17) is 9.84 Å². The number of rotatable bonds is 2. The third-order valence-corrected chi connectivity index (χ3v) is 3.17. The molecular weight excluding hydrogens is 287 g/mol. The molecular formula is C12H13FN2O6. The van der Waals surface area contributed by atoms with E-state index in [-0.39, 0.29) is 0 Å². The van der Waals surface area contributed by atoms with Gasteiger partial charge in [0.1, 0.15) is 12.2 Å². The maximum absolute atomic E-state index is 13.3. The molecule has 0 bridgehead atoms. The van der Waals surface area contributed by atoms with Crippen LogP contribution in [0.5, 0.6) is 0 Å². The molecule has 9 heteroatoms. The molecule has 4 atom stereocenters. The molecule has 0 aliphatic carbocycles. The van der Waals surface area contributed by atoms with Gasteiger partial charge in [0.05, 0.1) is 12.8 Å². The van der Waals surface area contributed by atoms with Crippen LogP contribution >= 0.6 is 0 Å². The molecule has 0 spiro atoms. The van der Waals surface area contributed by atoms with Gasteiger partial charge in [-0.25, -0.2) is 4.79 Å². The Bertz CT molecular complexity index is 717. The Hall–Kier alpha value is -1.99. The summed E-state index contributed by atoms with van der Waals surface area (Å²) >= 11 is 0. The summed E-state index contributed by atoms with van der Waals surface area (Å²) in [5.74, 6) is 3.39. The van der Waals surface area contributed by atoms with Crippen LogP contribution in [0.15, 0.2) is 15.8 Å². The third kappa shape index (κ3) is 2.38. The smallest absolute Gasteiger partial charge is 0.330 e. The van der Waals surface area contributed by atoms with Crippen LogP contribution in [-0.4, -0.2) is 49.3 Å². The van der Waals surface area contributed by atoms with Gasteiger partial charge in [-0.2, -0.15) is 4.39 Å². The lowest BCUT2D eigenvalue weighted by Crippen LogP contribution is -2.48. The number of nitrogens with zero attached hydrogens (tertiary/aromatic N) is 1. The standard InChI is InChI=1S/C12H13FN2O6/c1-2-3-12(20)8(17)7(5-16)21-10(12)15-4-6(13)9(18)14-11(15)19/h4,7-8,10,16-17,20H,5H2,1H3,(H,14,18,19)/t7?,8-,10?,12?/m0/s1. The molecule has 1 aromatic rings. The van der Waals surface area contributed by atoms with Crippen molar-refractivity contribution in [2.75, 3.05) is 6.61 Å². The Balaban J connectivity index is 2.60. The van der Waals surface area contributed by atoms with Gasteiger partial charge in [-0.3, -0.25) is 14.3 Å². The highest BCUT2D eigenvalue weighted by Gasteiger charge is 2.55. The molecule has 3 unspecified atom stereocenters. The van der Waals surface area contributed by atoms with Crippen molar-refractivity contribution in [1.82, 2.24) is 9.55 Å². The first-order valence-corrected chi connectivity index (χ1v) is 5.96. The number of aliphatic hydroxyl groups is 3. The van der Waals surface area contributed by atoms with Crippen LogP contribution in [0.4, 0.5) is 4.39 Å². The summed E-state index contributed by atoms with van der Waals surface area (Å²) in [6, 6.07) is 0. The molecule has 0 radical (unpaired) electrons. The zero-order chi connectivity index (χ0) is 15.8. The number of aliphatic hydroxyl groups excluding tert-OH is 2. The first-order valence-electron chi connectivity index (χ1n) is 5.96. The van der Waals surface area contributed by atoms with Crippen LogP contribution in [0.25, 0.3) is 0 Å². The Labute approximate surface area is 117 Å². The minimum Gasteiger partial charge on any atom is -0.394 e. The van der Waals surface area contributed by atoms with E-state index in [2.05, 4.69) is 11.8 Å². The van der Waals surface area contributed by atoms with Crippen molar-refractivity contribution in [2.24, 2.45) is 0 Å². The van der Waals surface area contributed by atoms with Gasteiger partial charge in [-0.05, 0) is 6.92 Å². The third-order valence-electron chi connectivity index (χ3n) is 3.17. The van der Waals surface area contributed by atoms with Crippen LogP contribution in [-0.2, 0) is 4.74 Å². The van der Waals surface area contributed by atoms with Gasteiger partial charge in [0.2, 0.25) is 5.82 Å². The number of nitrogens with one attached hydrogen (secondary N) is 1. The highest BCUT2D eigenvalue weighted by Crippen LogP contribution is 2.37. The summed E-state index contributed by atoms with van der Waals surface area (Å²) in [5.41, 5.74) is -4.51. The quantitative estimate of drug-likeness (QED) is 0.455. The maximum Gasteiger partial charge on any atom is 0.330 e. The Morgan fingerprint density at radius 2 is 2.24 bits per heavy atom. The second-order valence-corrected chi connectivity index (χ2v) is 4.50. The van der Waals surface area contributed by atoms with Crippen molar-refractivity contribution >= 4 is 0 Å². The number of aromatic nitrogens is 2. The van der Waals surface area contributed by atoms with Crippen molar-refractivity contribution in [2.45, 2.75) is 31.0 Å². The molecule has 8 nitrogen and oxygen atoms in total. The summed E-state index contributed by atoms with van der Waals surface area (Å²) in [7, 11) is 0. The first-order chi connectivity index (χ1) is 9.85. The van der Waals surface area contributed by atoms with E-state index in [0.29, 0.717) is 10.8 Å². The van der Waals surface area contributed by atoms with Gasteiger partial charge < -0.3 is 20.1 Å². The van der Waals surface area contributed by atoms with Crippen LogP contribution < -0.4 is 11.2 Å². The fraction of sp³-hybridized carbons (Fsp3) is 0.500. The lowest BCUT2D eigenvalue weighted by atomic mass is 9.94. The Kier molecular flexibility index (Phi) is 3.97. The van der Waals surface area contributed by atoms with Gasteiger partial charge in [-0.15, -0.1) is 5.92 Å². The number of hydrogen-bond acceptors (Lipinski definition) is 6. The molecule has 1 saturated heterocycles. The molecule has 1 aromatic heterocycles. The second-order valence-electron chi connectivity index (χ2n) is 4.50. The van der Waals surface area contributed by atoms with E-state index < -0.39 is 47.7 Å². The maximum atomic E-state index is 13.3. The predicted octanol–water partition coefficient (Wildman–Crippen LogP) is -2.32. The summed E-state index contributed by atoms with van der Waals surface area (Å²) in [6.07, 6.45) is -3.89. The lowest BCUT2D eigenvalue weighted by molar-refractivity contribution is -0.0769. The van der Waals surface area contributed by atoms with Crippen molar-refractivity contribution in [3.8, 4) is 11.8 Å². The number of aromatic amines is 1. The van der Waals surface area contributed by atoms with E-state index in [9.17, 15) is 24.2 Å². The molecule has 2 rings (SSSR count). The topological polar surface area (TPSA) is 125 Å². The molecule has 114 valence electrons. The van der Waals surface area contributed by atoms with E-state index in [1.165, 1.54) is 6.92 Å². The minimum atomic E-state index is -2.24. The average molecular weight is 300 g/mol. The molecule has 2 heterocycles. The summed E-state index contributed by atoms with van der Waals surface area (Å²) in [6.45, 7) is 0.732. The zero-order valence-corrected chi connectivity index (χ0v) is 10.9. The molecule has 0 amide bonds. The Morgan fingerprint density at radius 3 is 2.81 bits per heavy atom. The second kappa shape index (κ2) is 5.42. The molecule has 21 heavy (non-hydrogen) atoms. The minimum absolute atomic E-state index is 0.542. The largest absolute Gasteiger partial charge is 0.394 e. The van der Waals surface area contributed by atoms with Gasteiger partial charge in [-0.1, -0.05) is 5.92 Å². The van der Waals surface area contributed by atoms with E-state index >= 15 is 0 Å². The summed E-state index contributed by atoms with van der Waals surface area (Å²) < 4.78 is 19.1. The number of hydrogen-bond donors (Lipinski definition) is 4. The average Bonchev–Trinajstić information content (AvgIpc) is 2.67. The van der Waals surface area contributed by atoms with Crippen molar-refractivity contribution in [3.63, 3.8) is 0 Å². The normalized spacial score (nSPS) is 31.8. The van der Waals surface area contributed by atoms with Gasteiger partial charge in [0, 0.05) is 0 Å². The zero-order valence-electron chi connectivity index (χ0n) is 10.9. The molecule has 1 aliphatic heterocycles. The number of halogens is 1. The first kappa shape index (κ1) is 15.4. The van der Waals surface area contributed by atoms with Crippen LogP contribution in [0.2, 0.25) is 0 Å². The van der Waals surface area contributed by atoms with Crippen LogP contribution in [0.1, 0.15) is 13.2 Å². The van der Waals surface area contributed by atoms with E-state index in [1.807, 2.05) is 0 Å². The van der Waals surface area contributed by atoms with Gasteiger partial charge in [0.25, 0.3) is 5.56 Å². The van der Waals surface area contributed by atoms with Crippen molar-refractivity contribution in [1.29, 1.82) is 0 Å². The van der Waals surface area contributed by atoms with Crippen molar-refractivity contribution in [3.05, 3.63) is 32.9 Å². The SMILES string of the molecule is CC#CC1(O)C(n2cc(F)c(=O)[nH]c2=O)OC(CO)[C@@H]1O. The highest BCUT2D eigenvalue weighted by molar-refractivity contribution is 5.22. The molecule has 4 N–H and O–H groups in total. The highest BCUT2D eigenvalue weighted by atomic mass is 19.1. The van der Waals surface area contributed by atoms with Crippen LogP contribution in [0.3, 0.4) is 0 Å². The molecule has 0 saturated carbocycles. The summed E-state index contributed by atoms with van der Waals surface area (Å²) in [5, 5.41) is 29.5. The lowest BCUT2D eigenvalue weighted by Gasteiger charge is -2.26. The van der Waals surface area contributed by atoms with E-state index in [1.54, 1.807) is 4.98 Å². The van der Waals surface area contributed by atoms with E-state index in [0.717, 1.165) is 0 Å². The van der Waals surface area contributed by atoms with Gasteiger partial charge >= 0.3 is 5.69 Å². The summed E-state index contributed by atoms with van der Waals surface area (Å²) in [4.78, 5) is 24.4.